The number of anilines is 2. The minimum atomic E-state index is -2.64. The number of hydrogen-bond acceptors (Lipinski definition) is 7. The van der Waals surface area contributed by atoms with Gasteiger partial charge in [0.2, 0.25) is 11.8 Å². The lowest BCUT2D eigenvalue weighted by atomic mass is 10.0. The van der Waals surface area contributed by atoms with Crippen LogP contribution in [0, 0.1) is 0 Å². The molecule has 4 amide bonds. The molecular weight excluding hydrogens is 488 g/mol. The molecule has 2 N–H and O–H groups in total. The first-order valence-corrected chi connectivity index (χ1v) is 12.0. The second-order valence-corrected chi connectivity index (χ2v) is 9.34. The number of ether oxygens (including phenoxy) is 1. The van der Waals surface area contributed by atoms with Crippen LogP contribution in [0.3, 0.4) is 0 Å². The van der Waals surface area contributed by atoms with Crippen LogP contribution in [0.1, 0.15) is 47.2 Å². The van der Waals surface area contributed by atoms with E-state index in [1.165, 1.54) is 11.1 Å². The van der Waals surface area contributed by atoms with Gasteiger partial charge in [-0.15, -0.1) is 0 Å². The van der Waals surface area contributed by atoms with Gasteiger partial charge in [-0.1, -0.05) is 12.1 Å². The van der Waals surface area contributed by atoms with E-state index in [2.05, 4.69) is 15.6 Å². The van der Waals surface area contributed by atoms with Gasteiger partial charge in [0.15, 0.2) is 0 Å². The summed E-state index contributed by atoms with van der Waals surface area (Å²) in [6.07, 6.45) is 0.740. The summed E-state index contributed by atoms with van der Waals surface area (Å²) < 4.78 is 32.0. The molecule has 5 rings (SSSR count). The molecule has 1 atom stereocenters. The van der Waals surface area contributed by atoms with Crippen molar-refractivity contribution in [3.05, 3.63) is 53.2 Å². The number of amides is 4. The molecule has 2 aromatic rings. The molecule has 0 aliphatic carbocycles. The molecule has 2 fully saturated rings. The minimum absolute atomic E-state index is 0.0850. The minimum Gasteiger partial charge on any atom is -0.444 e. The number of nitrogens with zero attached hydrogens (tertiary/aromatic N) is 3. The average Bonchev–Trinajstić information content (AvgIpc) is 3.19. The normalized spacial score (nSPS) is 20.9. The Labute approximate surface area is 211 Å². The Morgan fingerprint density at radius 3 is 2.65 bits per heavy atom. The number of rotatable bonds is 5. The lowest BCUT2D eigenvalue weighted by Gasteiger charge is -2.32. The van der Waals surface area contributed by atoms with E-state index in [1.54, 1.807) is 35.2 Å². The Morgan fingerprint density at radius 1 is 1.16 bits per heavy atom. The number of piperidine rings is 2. The molecule has 12 heteroatoms. The number of carbonyl (C=O) groups excluding carboxylic acids is 4. The molecule has 1 aromatic carbocycles. The van der Waals surface area contributed by atoms with E-state index in [0.29, 0.717) is 22.6 Å². The molecule has 4 heterocycles. The molecule has 1 unspecified atom stereocenters. The van der Waals surface area contributed by atoms with Crippen molar-refractivity contribution in [1.29, 1.82) is 0 Å². The van der Waals surface area contributed by atoms with Gasteiger partial charge in [-0.2, -0.15) is 0 Å². The van der Waals surface area contributed by atoms with Crippen LogP contribution in [0.4, 0.5) is 25.1 Å². The van der Waals surface area contributed by atoms with Gasteiger partial charge in [-0.25, -0.2) is 18.6 Å². The summed E-state index contributed by atoms with van der Waals surface area (Å²) in [5, 5.41) is 4.84. The van der Waals surface area contributed by atoms with Gasteiger partial charge >= 0.3 is 6.09 Å². The average molecular weight is 514 g/mol. The largest absolute Gasteiger partial charge is 0.444 e. The summed E-state index contributed by atoms with van der Waals surface area (Å²) in [6, 6.07) is 7.71. The van der Waals surface area contributed by atoms with E-state index in [9.17, 15) is 28.0 Å². The quantitative estimate of drug-likeness (QED) is 0.590. The zero-order valence-electron chi connectivity index (χ0n) is 19.8. The molecule has 1 aromatic heterocycles. The molecule has 2 saturated heterocycles. The molecule has 194 valence electrons. The van der Waals surface area contributed by atoms with Crippen LogP contribution >= 0.6 is 0 Å². The summed E-state index contributed by atoms with van der Waals surface area (Å²) in [4.78, 5) is 56.2. The highest BCUT2D eigenvalue weighted by atomic mass is 19.3. The maximum absolute atomic E-state index is 13.3. The predicted molar refractivity (Wildman–Crippen MR) is 127 cm³/mol. The third-order valence-corrected chi connectivity index (χ3v) is 6.78. The van der Waals surface area contributed by atoms with Gasteiger partial charge < -0.3 is 14.5 Å². The number of imide groups is 1. The van der Waals surface area contributed by atoms with Gasteiger partial charge in [-0.05, 0) is 35.7 Å². The van der Waals surface area contributed by atoms with Gasteiger partial charge in [0.25, 0.3) is 11.8 Å². The lowest BCUT2D eigenvalue weighted by molar-refractivity contribution is -0.136. The number of nitrogens with one attached hydrogen (secondary N) is 2. The van der Waals surface area contributed by atoms with E-state index in [4.69, 9.17) is 4.74 Å². The monoisotopic (exact) mass is 513 g/mol. The van der Waals surface area contributed by atoms with Crippen molar-refractivity contribution in [2.45, 2.75) is 50.8 Å². The Morgan fingerprint density at radius 2 is 1.95 bits per heavy atom. The summed E-state index contributed by atoms with van der Waals surface area (Å²) in [5.41, 5.74) is 2.18. The second kappa shape index (κ2) is 9.75. The van der Waals surface area contributed by atoms with Crippen molar-refractivity contribution in [1.82, 2.24) is 15.2 Å². The van der Waals surface area contributed by atoms with E-state index in [-0.39, 0.29) is 63.7 Å². The maximum atomic E-state index is 13.3. The topological polar surface area (TPSA) is 121 Å². The third kappa shape index (κ3) is 5.37. The summed E-state index contributed by atoms with van der Waals surface area (Å²) in [7, 11) is 0. The molecule has 0 spiro atoms. The Bertz CT molecular complexity index is 1240. The number of fused-ring (bicyclic) bond motifs is 1. The van der Waals surface area contributed by atoms with Crippen LogP contribution in [-0.2, 0) is 27.5 Å². The number of alkyl halides is 2. The van der Waals surface area contributed by atoms with E-state index < -0.39 is 24.0 Å². The first kappa shape index (κ1) is 24.6. The molecule has 0 bridgehead atoms. The number of hydrogen-bond donors (Lipinski definition) is 2. The lowest BCUT2D eigenvalue weighted by Crippen LogP contribution is -2.52. The van der Waals surface area contributed by atoms with Gasteiger partial charge in [-0.3, -0.25) is 25.0 Å². The molecule has 10 nitrogen and oxygen atoms in total. The Hall–Kier alpha value is -4.09. The number of benzene rings is 1. The standard InChI is InChI=1S/C25H25F2N5O5/c26-25(27)7-9-31(10-8-25)20-5-3-17(12-28-20)29-24(36)37-14-15-1-2-16-13-32(23(35)18(16)11-15)19-4-6-21(33)30-22(19)34/h1-3,5,11-12,19H,4,6-10,13-14H2,(H,29,36)(H,30,33,34). The van der Waals surface area contributed by atoms with Gasteiger partial charge in [0.1, 0.15) is 18.5 Å². The molecule has 3 aliphatic heterocycles. The zero-order chi connectivity index (χ0) is 26.2. The number of aromatic nitrogens is 1. The molecule has 0 saturated carbocycles. The van der Waals surface area contributed by atoms with E-state index in [0.717, 1.165) is 5.56 Å². The van der Waals surface area contributed by atoms with E-state index >= 15 is 0 Å². The predicted octanol–water partition coefficient (Wildman–Crippen LogP) is 2.83. The number of pyridine rings is 1. The van der Waals surface area contributed by atoms with Crippen molar-refractivity contribution in [3.8, 4) is 0 Å². The highest BCUT2D eigenvalue weighted by Crippen LogP contribution is 2.30. The van der Waals surface area contributed by atoms with Crippen LogP contribution in [-0.4, -0.2) is 58.8 Å². The van der Waals surface area contributed by atoms with Gasteiger partial charge in [0, 0.05) is 44.5 Å². The number of carbonyl (C=O) groups is 4. The van der Waals surface area contributed by atoms with E-state index in [1.807, 2.05) is 0 Å². The van der Waals surface area contributed by atoms with Crippen LogP contribution < -0.4 is 15.5 Å². The van der Waals surface area contributed by atoms with Crippen molar-refractivity contribution < 1.29 is 32.7 Å². The summed E-state index contributed by atoms with van der Waals surface area (Å²) in [6.45, 7) is 0.607. The molecular formula is C25H25F2N5O5. The highest BCUT2D eigenvalue weighted by Gasteiger charge is 2.39. The fourth-order valence-corrected chi connectivity index (χ4v) is 4.70. The van der Waals surface area contributed by atoms with Crippen molar-refractivity contribution in [2.24, 2.45) is 0 Å². The van der Waals surface area contributed by atoms with Crippen LogP contribution in [0.15, 0.2) is 36.5 Å². The smallest absolute Gasteiger partial charge is 0.412 e. The van der Waals surface area contributed by atoms with Crippen molar-refractivity contribution in [2.75, 3.05) is 23.3 Å². The molecule has 37 heavy (non-hydrogen) atoms. The number of halogens is 2. The SMILES string of the molecule is O=C1CCC(N2Cc3ccc(COC(=O)Nc4ccc(N5CCC(F)(F)CC5)nc4)cc3C2=O)C(=O)N1. The van der Waals surface area contributed by atoms with Crippen LogP contribution in [0.25, 0.3) is 0 Å². The molecule has 3 aliphatic rings. The van der Waals surface area contributed by atoms with Crippen LogP contribution in [0.2, 0.25) is 0 Å². The summed E-state index contributed by atoms with van der Waals surface area (Å²) >= 11 is 0. The third-order valence-electron chi connectivity index (χ3n) is 6.78. The van der Waals surface area contributed by atoms with Crippen molar-refractivity contribution in [3.63, 3.8) is 0 Å². The fourth-order valence-electron chi connectivity index (χ4n) is 4.70. The zero-order valence-corrected chi connectivity index (χ0v) is 19.8. The highest BCUT2D eigenvalue weighted by molar-refractivity contribution is 6.05. The fraction of sp³-hybridized carbons (Fsp3) is 0.400. The summed E-state index contributed by atoms with van der Waals surface area (Å²) in [5.74, 6) is -3.20. The Kier molecular flexibility index (Phi) is 6.48. The second-order valence-electron chi connectivity index (χ2n) is 9.34. The maximum Gasteiger partial charge on any atom is 0.412 e. The first-order chi connectivity index (χ1) is 17.7. The molecule has 0 radical (unpaired) electrons. The Balaban J connectivity index is 1.14. The van der Waals surface area contributed by atoms with Crippen LogP contribution in [0.5, 0.6) is 0 Å². The van der Waals surface area contributed by atoms with Gasteiger partial charge in [0.05, 0.1) is 11.9 Å². The first-order valence-electron chi connectivity index (χ1n) is 12.0. The van der Waals surface area contributed by atoms with Crippen molar-refractivity contribution >= 4 is 35.3 Å².